The number of nitrogens with zero attached hydrogens (tertiary/aromatic N) is 3. The van der Waals surface area contributed by atoms with Crippen LogP contribution in [0.2, 0.25) is 0 Å². The van der Waals surface area contributed by atoms with Crippen molar-refractivity contribution in [1.82, 2.24) is 15.0 Å². The highest BCUT2D eigenvalue weighted by Gasteiger charge is 2.23. The van der Waals surface area contributed by atoms with E-state index in [9.17, 15) is 0 Å². The molecular weight excluding hydrogens is 590 g/mol. The Morgan fingerprint density at radius 1 is 0.333 bits per heavy atom. The Morgan fingerprint density at radius 2 is 0.875 bits per heavy atom. The molecule has 0 aliphatic carbocycles. The summed E-state index contributed by atoms with van der Waals surface area (Å²) in [4.78, 5) is 15.3. The van der Waals surface area contributed by atoms with Gasteiger partial charge in [-0.1, -0.05) is 127 Å². The Bertz CT molecular complexity index is 2840. The van der Waals surface area contributed by atoms with Crippen molar-refractivity contribution in [1.29, 1.82) is 0 Å². The summed E-state index contributed by atoms with van der Waals surface area (Å²) in [6.07, 6.45) is 0. The molecule has 7 aromatic carbocycles. The molecule has 0 saturated heterocycles. The molecule has 0 N–H and O–H groups in total. The molecule has 10 aromatic rings. The van der Waals surface area contributed by atoms with Gasteiger partial charge < -0.3 is 8.83 Å². The fraction of sp³-hybridized carbons (Fsp3) is 0. The maximum Gasteiger partial charge on any atom is 0.164 e. The average Bonchev–Trinajstić information content (AvgIpc) is 3.74. The molecule has 10 rings (SSSR count). The zero-order chi connectivity index (χ0) is 31.6. The maximum absolute atomic E-state index is 6.70. The van der Waals surface area contributed by atoms with Crippen molar-refractivity contribution in [2.24, 2.45) is 0 Å². The highest BCUT2D eigenvalue weighted by atomic mass is 16.3. The van der Waals surface area contributed by atoms with Gasteiger partial charge in [0, 0.05) is 49.4 Å². The smallest absolute Gasteiger partial charge is 0.164 e. The van der Waals surface area contributed by atoms with Gasteiger partial charge >= 0.3 is 0 Å². The molecule has 0 fully saturated rings. The first-order valence-corrected chi connectivity index (χ1v) is 15.9. The van der Waals surface area contributed by atoms with E-state index in [0.717, 1.165) is 82.5 Å². The minimum atomic E-state index is 0.580. The number of furan rings is 2. The molecule has 48 heavy (non-hydrogen) atoms. The standard InChI is InChI=1S/C43H25N3O2/c1-2-13-27(14-3-1)41-44-42(33-21-10-15-26-12-4-5-16-28(26)33)46-43(45-41)35-25-24-32(40-38(35)34-18-7-9-23-37(34)48-40)31-20-11-19-30-29-17-6-8-22-36(29)47-39(30)31/h1-25H. The van der Waals surface area contributed by atoms with Crippen LogP contribution < -0.4 is 0 Å². The molecular formula is C43H25N3O2. The number of aromatic nitrogens is 3. The van der Waals surface area contributed by atoms with Crippen LogP contribution in [0, 0.1) is 0 Å². The predicted molar refractivity (Wildman–Crippen MR) is 194 cm³/mol. The Labute approximate surface area is 274 Å². The number of benzene rings is 7. The quantitative estimate of drug-likeness (QED) is 0.197. The molecule has 5 nitrogen and oxygen atoms in total. The summed E-state index contributed by atoms with van der Waals surface area (Å²) in [5.74, 6) is 1.81. The lowest BCUT2D eigenvalue weighted by Gasteiger charge is -2.12. The number of fused-ring (bicyclic) bond motifs is 7. The summed E-state index contributed by atoms with van der Waals surface area (Å²) in [5.41, 5.74) is 7.91. The lowest BCUT2D eigenvalue weighted by Crippen LogP contribution is -2.01. The lowest BCUT2D eigenvalue weighted by molar-refractivity contribution is 0.665. The van der Waals surface area contributed by atoms with E-state index < -0.39 is 0 Å². The molecule has 3 heterocycles. The molecule has 0 amide bonds. The fourth-order valence-electron chi connectivity index (χ4n) is 6.94. The van der Waals surface area contributed by atoms with Crippen LogP contribution >= 0.6 is 0 Å². The van der Waals surface area contributed by atoms with Gasteiger partial charge in [-0.05, 0) is 35.0 Å². The first-order chi connectivity index (χ1) is 23.8. The maximum atomic E-state index is 6.70. The van der Waals surface area contributed by atoms with Crippen LogP contribution in [0.1, 0.15) is 0 Å². The van der Waals surface area contributed by atoms with Crippen LogP contribution in [0.3, 0.4) is 0 Å². The summed E-state index contributed by atoms with van der Waals surface area (Å²) in [6.45, 7) is 0. The van der Waals surface area contributed by atoms with E-state index in [4.69, 9.17) is 23.8 Å². The second-order valence-electron chi connectivity index (χ2n) is 11.9. The summed E-state index contributed by atoms with van der Waals surface area (Å²) in [5, 5.41) is 6.32. The lowest BCUT2D eigenvalue weighted by atomic mass is 9.96. The summed E-state index contributed by atoms with van der Waals surface area (Å²) < 4.78 is 13.2. The third kappa shape index (κ3) is 4.08. The van der Waals surface area contributed by atoms with Gasteiger partial charge in [-0.2, -0.15) is 0 Å². The molecule has 0 aliphatic rings. The molecule has 0 radical (unpaired) electrons. The number of hydrogen-bond acceptors (Lipinski definition) is 5. The molecule has 3 aromatic heterocycles. The summed E-state index contributed by atoms with van der Waals surface area (Å²) >= 11 is 0. The van der Waals surface area contributed by atoms with Crippen molar-refractivity contribution in [3.63, 3.8) is 0 Å². The molecule has 0 unspecified atom stereocenters. The Hall–Kier alpha value is -6.59. The largest absolute Gasteiger partial charge is 0.455 e. The minimum absolute atomic E-state index is 0.580. The fourth-order valence-corrected chi connectivity index (χ4v) is 6.94. The Morgan fingerprint density at radius 3 is 1.73 bits per heavy atom. The van der Waals surface area contributed by atoms with Crippen molar-refractivity contribution in [2.75, 3.05) is 0 Å². The molecule has 0 spiro atoms. The van der Waals surface area contributed by atoms with Crippen molar-refractivity contribution < 1.29 is 8.83 Å². The summed E-state index contributed by atoms with van der Waals surface area (Å²) in [7, 11) is 0. The summed E-state index contributed by atoms with van der Waals surface area (Å²) in [6, 6.07) is 51.5. The van der Waals surface area contributed by atoms with Crippen LogP contribution in [0.5, 0.6) is 0 Å². The third-order valence-corrected chi connectivity index (χ3v) is 9.16. The van der Waals surface area contributed by atoms with Gasteiger partial charge in [0.25, 0.3) is 0 Å². The van der Waals surface area contributed by atoms with Gasteiger partial charge in [-0.3, -0.25) is 0 Å². The highest BCUT2D eigenvalue weighted by molar-refractivity contribution is 6.18. The number of para-hydroxylation sites is 3. The van der Waals surface area contributed by atoms with Crippen LogP contribution in [0.25, 0.3) is 99.9 Å². The average molecular weight is 616 g/mol. The van der Waals surface area contributed by atoms with E-state index in [1.807, 2.05) is 66.7 Å². The normalized spacial score (nSPS) is 11.8. The molecule has 0 bridgehead atoms. The second-order valence-corrected chi connectivity index (χ2v) is 11.9. The van der Waals surface area contributed by atoms with Gasteiger partial charge in [0.1, 0.15) is 22.3 Å². The number of hydrogen-bond donors (Lipinski definition) is 0. The van der Waals surface area contributed by atoms with Gasteiger partial charge in [0.2, 0.25) is 0 Å². The van der Waals surface area contributed by atoms with E-state index in [1.165, 1.54) is 0 Å². The van der Waals surface area contributed by atoms with Crippen molar-refractivity contribution in [2.45, 2.75) is 0 Å². The van der Waals surface area contributed by atoms with E-state index in [-0.39, 0.29) is 0 Å². The van der Waals surface area contributed by atoms with Crippen molar-refractivity contribution in [3.8, 4) is 45.3 Å². The third-order valence-electron chi connectivity index (χ3n) is 9.16. The van der Waals surface area contributed by atoms with Crippen LogP contribution in [-0.4, -0.2) is 15.0 Å². The predicted octanol–water partition coefficient (Wildman–Crippen LogP) is 11.5. The van der Waals surface area contributed by atoms with Gasteiger partial charge in [-0.25, -0.2) is 15.0 Å². The monoisotopic (exact) mass is 615 g/mol. The Kier molecular flexibility index (Phi) is 5.81. The molecule has 0 aliphatic heterocycles. The first kappa shape index (κ1) is 26.6. The molecule has 5 heteroatoms. The van der Waals surface area contributed by atoms with Gasteiger partial charge in [-0.15, -0.1) is 0 Å². The molecule has 0 saturated carbocycles. The minimum Gasteiger partial charge on any atom is -0.455 e. The number of rotatable bonds is 4. The van der Waals surface area contributed by atoms with Crippen molar-refractivity contribution >= 4 is 54.6 Å². The first-order valence-electron chi connectivity index (χ1n) is 15.9. The van der Waals surface area contributed by atoms with E-state index in [1.54, 1.807) is 0 Å². The van der Waals surface area contributed by atoms with Crippen molar-refractivity contribution in [3.05, 3.63) is 152 Å². The molecule has 0 atom stereocenters. The SMILES string of the molecule is c1ccc(-c2nc(-c3cccc4ccccc34)nc(-c3ccc(-c4cccc5c4oc4ccccc45)c4oc5ccccc5c34)n2)cc1. The van der Waals surface area contributed by atoms with E-state index in [2.05, 4.69) is 84.9 Å². The highest BCUT2D eigenvalue weighted by Crippen LogP contribution is 2.44. The van der Waals surface area contributed by atoms with Crippen LogP contribution in [0.4, 0.5) is 0 Å². The van der Waals surface area contributed by atoms with Crippen LogP contribution in [0.15, 0.2) is 160 Å². The second kappa shape index (κ2) is 10.5. The van der Waals surface area contributed by atoms with E-state index in [0.29, 0.717) is 17.5 Å². The zero-order valence-electron chi connectivity index (χ0n) is 25.6. The zero-order valence-corrected chi connectivity index (χ0v) is 25.6. The Balaban J connectivity index is 1.27. The van der Waals surface area contributed by atoms with Gasteiger partial charge in [0.15, 0.2) is 17.5 Å². The van der Waals surface area contributed by atoms with E-state index >= 15 is 0 Å². The molecule has 224 valence electrons. The van der Waals surface area contributed by atoms with Crippen LogP contribution in [-0.2, 0) is 0 Å². The topological polar surface area (TPSA) is 65.0 Å². The van der Waals surface area contributed by atoms with Gasteiger partial charge in [0.05, 0.1) is 0 Å².